The molecule has 1 fully saturated rings. The van der Waals surface area contributed by atoms with Crippen molar-refractivity contribution >= 4 is 17.7 Å². The summed E-state index contributed by atoms with van der Waals surface area (Å²) in [6, 6.07) is 0. The van der Waals surface area contributed by atoms with Crippen molar-refractivity contribution in [3.05, 3.63) is 0 Å². The largest absolute Gasteiger partial charge is 0.355 e. The molecule has 33 heavy (non-hydrogen) atoms. The number of hydrogen-bond donors (Lipinski definition) is 3. The van der Waals surface area contributed by atoms with Gasteiger partial charge in [-0.05, 0) is 19.3 Å². The van der Waals surface area contributed by atoms with Gasteiger partial charge in [0, 0.05) is 58.9 Å². The summed E-state index contributed by atoms with van der Waals surface area (Å²) in [4.78, 5) is 43.5. The summed E-state index contributed by atoms with van der Waals surface area (Å²) in [5, 5.41) is 8.97. The molecule has 0 aromatic rings. The van der Waals surface area contributed by atoms with Crippen molar-refractivity contribution in [2.45, 2.75) is 59.3 Å². The molecule has 0 aromatic heterocycles. The first-order valence-corrected chi connectivity index (χ1v) is 13.0. The standard InChI is InChI=1S/C24H48N6O3/c1-4-7-10-25-22(31)19-28-13-15-29(20-23(32)26-11-8-5-2)17-18-30(16-14-28)21-24(33)27-12-9-6-3/h4-21H2,1-3H3,(H,25,31)(H,26,32)(H,27,33). The molecule has 0 atom stereocenters. The van der Waals surface area contributed by atoms with E-state index < -0.39 is 0 Å². The smallest absolute Gasteiger partial charge is 0.234 e. The fourth-order valence-electron chi connectivity index (χ4n) is 3.65. The van der Waals surface area contributed by atoms with Crippen LogP contribution < -0.4 is 16.0 Å². The molecule has 0 bridgehead atoms. The van der Waals surface area contributed by atoms with Crippen molar-refractivity contribution in [1.82, 2.24) is 30.7 Å². The monoisotopic (exact) mass is 468 g/mol. The Bertz CT molecular complexity index is 472. The molecule has 0 spiro atoms. The number of unbranched alkanes of at least 4 members (excludes halogenated alkanes) is 3. The van der Waals surface area contributed by atoms with Crippen LogP contribution in [0.3, 0.4) is 0 Å². The molecule has 1 aliphatic heterocycles. The van der Waals surface area contributed by atoms with Gasteiger partial charge in [0.05, 0.1) is 19.6 Å². The second-order valence-corrected chi connectivity index (χ2v) is 8.94. The highest BCUT2D eigenvalue weighted by Crippen LogP contribution is 2.01. The maximum Gasteiger partial charge on any atom is 0.234 e. The van der Waals surface area contributed by atoms with Crippen LogP contribution in [0, 0.1) is 0 Å². The van der Waals surface area contributed by atoms with Gasteiger partial charge in [0.25, 0.3) is 0 Å². The van der Waals surface area contributed by atoms with E-state index in [4.69, 9.17) is 0 Å². The third-order valence-electron chi connectivity index (χ3n) is 5.86. The lowest BCUT2D eigenvalue weighted by atomic mass is 10.3. The van der Waals surface area contributed by atoms with Crippen LogP contribution >= 0.6 is 0 Å². The van der Waals surface area contributed by atoms with E-state index in [-0.39, 0.29) is 17.7 Å². The van der Waals surface area contributed by atoms with Gasteiger partial charge in [-0.1, -0.05) is 40.0 Å². The lowest BCUT2D eigenvalue weighted by molar-refractivity contribution is -0.123. The molecule has 3 N–H and O–H groups in total. The lowest BCUT2D eigenvalue weighted by Gasteiger charge is -2.25. The summed E-state index contributed by atoms with van der Waals surface area (Å²) in [5.41, 5.74) is 0. The van der Waals surface area contributed by atoms with Gasteiger partial charge in [-0.25, -0.2) is 0 Å². The predicted octanol–water partition coefficient (Wildman–Crippen LogP) is 0.655. The predicted molar refractivity (Wildman–Crippen MR) is 133 cm³/mol. The summed E-state index contributed by atoms with van der Waals surface area (Å²) in [5.74, 6) is 0.112. The molecule has 0 unspecified atom stereocenters. The molecule has 0 aromatic carbocycles. The Hall–Kier alpha value is -1.71. The van der Waals surface area contributed by atoms with E-state index in [1.165, 1.54) is 0 Å². The molecular weight excluding hydrogens is 420 g/mol. The molecule has 1 aliphatic rings. The maximum atomic E-state index is 12.4. The third-order valence-corrected chi connectivity index (χ3v) is 5.86. The first-order chi connectivity index (χ1) is 16.0. The minimum absolute atomic E-state index is 0.0374. The van der Waals surface area contributed by atoms with Crippen LogP contribution in [0.25, 0.3) is 0 Å². The van der Waals surface area contributed by atoms with Crippen LogP contribution in [0.5, 0.6) is 0 Å². The van der Waals surface area contributed by atoms with Crippen LogP contribution in [-0.4, -0.2) is 111 Å². The van der Waals surface area contributed by atoms with Gasteiger partial charge in [0.1, 0.15) is 0 Å². The number of nitrogens with zero attached hydrogens (tertiary/aromatic N) is 3. The molecule has 1 saturated heterocycles. The van der Waals surface area contributed by atoms with Crippen LogP contribution in [0.2, 0.25) is 0 Å². The summed E-state index contributed by atoms with van der Waals surface area (Å²) >= 11 is 0. The zero-order chi connectivity index (χ0) is 24.3. The Morgan fingerprint density at radius 1 is 0.515 bits per heavy atom. The van der Waals surface area contributed by atoms with Crippen molar-refractivity contribution in [3.63, 3.8) is 0 Å². The molecule has 1 heterocycles. The number of nitrogens with one attached hydrogen (secondary N) is 3. The van der Waals surface area contributed by atoms with Crippen molar-refractivity contribution in [1.29, 1.82) is 0 Å². The Labute approximate surface area is 201 Å². The molecule has 3 amide bonds. The zero-order valence-corrected chi connectivity index (χ0v) is 21.3. The van der Waals surface area contributed by atoms with E-state index in [0.29, 0.717) is 39.3 Å². The zero-order valence-electron chi connectivity index (χ0n) is 21.3. The molecule has 192 valence electrons. The minimum Gasteiger partial charge on any atom is -0.355 e. The highest BCUT2D eigenvalue weighted by molar-refractivity contribution is 5.79. The van der Waals surface area contributed by atoms with E-state index in [0.717, 1.165) is 77.8 Å². The number of carbonyl (C=O) groups is 3. The van der Waals surface area contributed by atoms with Crippen LogP contribution in [0.15, 0.2) is 0 Å². The van der Waals surface area contributed by atoms with Crippen LogP contribution in [0.1, 0.15) is 59.3 Å². The molecule has 1 rings (SSSR count). The fourth-order valence-corrected chi connectivity index (χ4v) is 3.65. The maximum absolute atomic E-state index is 12.4. The van der Waals surface area contributed by atoms with Crippen LogP contribution in [-0.2, 0) is 14.4 Å². The number of carbonyl (C=O) groups excluding carboxylic acids is 3. The quantitative estimate of drug-likeness (QED) is 0.306. The SMILES string of the molecule is CCCCNC(=O)CN1CCN(CC(=O)NCCCC)CCN(CC(=O)NCCCC)CC1. The van der Waals surface area contributed by atoms with Gasteiger partial charge < -0.3 is 16.0 Å². The first-order valence-electron chi connectivity index (χ1n) is 13.0. The van der Waals surface area contributed by atoms with Gasteiger partial charge in [-0.15, -0.1) is 0 Å². The molecule has 9 heteroatoms. The van der Waals surface area contributed by atoms with E-state index in [1.807, 2.05) is 0 Å². The van der Waals surface area contributed by atoms with Crippen molar-refractivity contribution in [2.24, 2.45) is 0 Å². The Balaban J connectivity index is 2.68. The second kappa shape index (κ2) is 18.7. The number of rotatable bonds is 15. The van der Waals surface area contributed by atoms with Crippen molar-refractivity contribution in [2.75, 3.05) is 78.5 Å². The topological polar surface area (TPSA) is 97.0 Å². The van der Waals surface area contributed by atoms with E-state index >= 15 is 0 Å². The summed E-state index contributed by atoms with van der Waals surface area (Å²) in [6.45, 7) is 13.8. The van der Waals surface area contributed by atoms with Crippen molar-refractivity contribution in [3.8, 4) is 0 Å². The lowest BCUT2D eigenvalue weighted by Crippen LogP contribution is -2.44. The summed E-state index contributed by atoms with van der Waals surface area (Å²) in [6.07, 6.45) is 6.09. The average molecular weight is 469 g/mol. The Morgan fingerprint density at radius 3 is 0.970 bits per heavy atom. The Kier molecular flexibility index (Phi) is 16.6. The summed E-state index contributed by atoms with van der Waals surface area (Å²) < 4.78 is 0. The van der Waals surface area contributed by atoms with Gasteiger partial charge in [-0.3, -0.25) is 29.1 Å². The highest BCUT2D eigenvalue weighted by atomic mass is 16.2. The molecule has 0 radical (unpaired) electrons. The minimum atomic E-state index is 0.0374. The Morgan fingerprint density at radius 2 is 0.758 bits per heavy atom. The van der Waals surface area contributed by atoms with Crippen LogP contribution in [0.4, 0.5) is 0 Å². The second-order valence-electron chi connectivity index (χ2n) is 8.94. The normalized spacial score (nSPS) is 16.5. The highest BCUT2D eigenvalue weighted by Gasteiger charge is 2.20. The van der Waals surface area contributed by atoms with E-state index in [2.05, 4.69) is 51.4 Å². The molecule has 0 saturated carbocycles. The summed E-state index contributed by atoms with van der Waals surface area (Å²) in [7, 11) is 0. The van der Waals surface area contributed by atoms with E-state index in [1.54, 1.807) is 0 Å². The van der Waals surface area contributed by atoms with Crippen molar-refractivity contribution < 1.29 is 14.4 Å². The van der Waals surface area contributed by atoms with Gasteiger partial charge in [0.15, 0.2) is 0 Å². The van der Waals surface area contributed by atoms with E-state index in [9.17, 15) is 14.4 Å². The third kappa shape index (κ3) is 14.9. The molecule has 9 nitrogen and oxygen atoms in total. The molecular formula is C24H48N6O3. The average Bonchev–Trinajstić information content (AvgIpc) is 2.86. The number of amides is 3. The van der Waals surface area contributed by atoms with Gasteiger partial charge >= 0.3 is 0 Å². The first kappa shape index (κ1) is 29.3. The molecule has 0 aliphatic carbocycles. The number of hydrogen-bond acceptors (Lipinski definition) is 6. The fraction of sp³-hybridized carbons (Fsp3) is 0.875. The van der Waals surface area contributed by atoms with Gasteiger partial charge in [0.2, 0.25) is 17.7 Å². The van der Waals surface area contributed by atoms with Gasteiger partial charge in [-0.2, -0.15) is 0 Å².